The van der Waals surface area contributed by atoms with Gasteiger partial charge in [-0.25, -0.2) is 0 Å². The molecular formula is C32H43N3O9. The molecule has 12 nitrogen and oxygen atoms in total. The van der Waals surface area contributed by atoms with Crippen LogP contribution in [0.1, 0.15) is 72.6 Å². The number of nitrogens with one attached hydrogen (secondary N) is 3. The molecule has 3 N–H and O–H groups in total. The Kier molecular flexibility index (Phi) is 16.4. The Balaban J connectivity index is 1.64. The fraction of sp³-hybridized carbons (Fsp3) is 0.469. The van der Waals surface area contributed by atoms with Gasteiger partial charge in [-0.2, -0.15) is 0 Å². The number of likely N-dealkylation sites (N-methyl/N-ethyl adjacent to an activating group) is 1. The van der Waals surface area contributed by atoms with Crippen molar-refractivity contribution in [2.75, 3.05) is 40.5 Å². The highest BCUT2D eigenvalue weighted by Gasteiger charge is 2.19. The first kappa shape index (κ1) is 35.6. The quantitative estimate of drug-likeness (QED) is 0.134. The van der Waals surface area contributed by atoms with Gasteiger partial charge in [0.2, 0.25) is 17.7 Å². The molecule has 3 amide bonds. The van der Waals surface area contributed by atoms with E-state index in [0.717, 1.165) is 0 Å². The second kappa shape index (κ2) is 20.3. The van der Waals surface area contributed by atoms with Gasteiger partial charge < -0.3 is 34.9 Å². The van der Waals surface area contributed by atoms with Gasteiger partial charge in [0.15, 0.2) is 12.6 Å². The standard InChI is InChI=1S/C32H43N3O9/c1-4-33-32(40)27(35-31(39)11-8-18-44-26-15-13-24(22-37)29(20-26)42-3)9-5-6-16-34-30(38)10-7-17-43-25-14-12-23(21-36)28(19-25)41-2/h12-15,19-22,27H,4-11,16-18H2,1-3H3,(H,33,40)(H,34,38)(H,35,39). The summed E-state index contributed by atoms with van der Waals surface area (Å²) in [5.41, 5.74) is 0.851. The zero-order valence-corrected chi connectivity index (χ0v) is 25.6. The van der Waals surface area contributed by atoms with E-state index >= 15 is 0 Å². The third-order valence-electron chi connectivity index (χ3n) is 6.54. The lowest BCUT2D eigenvalue weighted by atomic mass is 10.1. The van der Waals surface area contributed by atoms with Gasteiger partial charge in [0.05, 0.1) is 38.6 Å². The maximum absolute atomic E-state index is 12.5. The van der Waals surface area contributed by atoms with Crippen LogP contribution >= 0.6 is 0 Å². The number of amides is 3. The van der Waals surface area contributed by atoms with Gasteiger partial charge in [-0.3, -0.25) is 24.0 Å². The molecular weight excluding hydrogens is 570 g/mol. The van der Waals surface area contributed by atoms with Gasteiger partial charge in [-0.05, 0) is 63.3 Å². The lowest BCUT2D eigenvalue weighted by molar-refractivity contribution is -0.129. The molecule has 2 rings (SSSR count). The average molecular weight is 614 g/mol. The molecule has 0 saturated heterocycles. The molecule has 0 aliphatic rings. The Morgan fingerprint density at radius 2 is 1.30 bits per heavy atom. The number of hydrogen-bond acceptors (Lipinski definition) is 9. The monoisotopic (exact) mass is 613 g/mol. The zero-order chi connectivity index (χ0) is 32.2. The molecule has 0 aliphatic heterocycles. The predicted molar refractivity (Wildman–Crippen MR) is 164 cm³/mol. The first-order valence-corrected chi connectivity index (χ1v) is 14.7. The summed E-state index contributed by atoms with van der Waals surface area (Å²) in [6.07, 6.45) is 4.55. The Morgan fingerprint density at radius 1 is 0.750 bits per heavy atom. The van der Waals surface area contributed by atoms with Crippen LogP contribution in [0.25, 0.3) is 0 Å². The lowest BCUT2D eigenvalue weighted by Gasteiger charge is -2.18. The van der Waals surface area contributed by atoms with Crippen LogP contribution in [0, 0.1) is 0 Å². The zero-order valence-electron chi connectivity index (χ0n) is 25.6. The third kappa shape index (κ3) is 12.7. The highest BCUT2D eigenvalue weighted by molar-refractivity contribution is 5.87. The number of rotatable bonds is 22. The number of carbonyl (C=O) groups is 5. The summed E-state index contributed by atoms with van der Waals surface area (Å²) in [7, 11) is 2.94. The summed E-state index contributed by atoms with van der Waals surface area (Å²) in [6, 6.07) is 9.12. The van der Waals surface area contributed by atoms with Crippen molar-refractivity contribution in [2.24, 2.45) is 0 Å². The minimum absolute atomic E-state index is 0.101. The van der Waals surface area contributed by atoms with Crippen molar-refractivity contribution in [3.63, 3.8) is 0 Å². The number of ether oxygens (including phenoxy) is 4. The maximum Gasteiger partial charge on any atom is 0.242 e. The lowest BCUT2D eigenvalue weighted by Crippen LogP contribution is -2.46. The second-order valence-electron chi connectivity index (χ2n) is 9.81. The van der Waals surface area contributed by atoms with Crippen LogP contribution in [0.15, 0.2) is 36.4 Å². The molecule has 12 heteroatoms. The summed E-state index contributed by atoms with van der Waals surface area (Å²) in [5, 5.41) is 8.42. The Bertz CT molecular complexity index is 1240. The van der Waals surface area contributed by atoms with Crippen LogP contribution in [-0.2, 0) is 14.4 Å². The number of carbonyl (C=O) groups excluding carboxylic acids is 5. The fourth-order valence-electron chi connectivity index (χ4n) is 4.23. The molecule has 0 bridgehead atoms. The van der Waals surface area contributed by atoms with Crippen LogP contribution < -0.4 is 34.9 Å². The van der Waals surface area contributed by atoms with E-state index in [1.165, 1.54) is 14.2 Å². The molecule has 1 unspecified atom stereocenters. The minimum atomic E-state index is -0.671. The van der Waals surface area contributed by atoms with Crippen molar-refractivity contribution in [3.8, 4) is 23.0 Å². The van der Waals surface area contributed by atoms with Crippen LogP contribution in [0.2, 0.25) is 0 Å². The van der Waals surface area contributed by atoms with E-state index in [1.54, 1.807) is 36.4 Å². The number of methoxy groups -OCH3 is 2. The van der Waals surface area contributed by atoms with Crippen molar-refractivity contribution < 1.29 is 42.9 Å². The Hall–Kier alpha value is -4.61. The van der Waals surface area contributed by atoms with Gasteiger partial charge in [0, 0.05) is 38.1 Å². The van der Waals surface area contributed by atoms with Crippen molar-refractivity contribution in [3.05, 3.63) is 47.5 Å². The number of hydrogen-bond donors (Lipinski definition) is 3. The SMILES string of the molecule is CCNC(=O)C(CCCCNC(=O)CCCOc1ccc(C=O)c(OC)c1)NC(=O)CCCOc1ccc(C=O)c(OC)c1. The van der Waals surface area contributed by atoms with E-state index in [2.05, 4.69) is 16.0 Å². The van der Waals surface area contributed by atoms with E-state index in [0.29, 0.717) is 105 Å². The van der Waals surface area contributed by atoms with Gasteiger partial charge in [-0.1, -0.05) is 0 Å². The molecule has 44 heavy (non-hydrogen) atoms. The van der Waals surface area contributed by atoms with Crippen molar-refractivity contribution in [2.45, 2.75) is 57.9 Å². The fourth-order valence-corrected chi connectivity index (χ4v) is 4.23. The van der Waals surface area contributed by atoms with E-state index < -0.39 is 6.04 Å². The number of benzene rings is 2. The Morgan fingerprint density at radius 3 is 1.80 bits per heavy atom. The van der Waals surface area contributed by atoms with Crippen LogP contribution in [0.4, 0.5) is 0 Å². The predicted octanol–water partition coefficient (Wildman–Crippen LogP) is 3.25. The van der Waals surface area contributed by atoms with Gasteiger partial charge in [-0.15, -0.1) is 0 Å². The third-order valence-corrected chi connectivity index (χ3v) is 6.54. The smallest absolute Gasteiger partial charge is 0.242 e. The highest BCUT2D eigenvalue weighted by Crippen LogP contribution is 2.24. The molecule has 2 aromatic carbocycles. The highest BCUT2D eigenvalue weighted by atomic mass is 16.5. The molecule has 2 aromatic rings. The summed E-state index contributed by atoms with van der Waals surface area (Å²) in [4.78, 5) is 59.2. The van der Waals surface area contributed by atoms with Gasteiger partial charge in [0.25, 0.3) is 0 Å². The molecule has 0 heterocycles. The summed E-state index contributed by atoms with van der Waals surface area (Å²) >= 11 is 0. The van der Waals surface area contributed by atoms with Gasteiger partial charge >= 0.3 is 0 Å². The topological polar surface area (TPSA) is 158 Å². The van der Waals surface area contributed by atoms with Crippen LogP contribution in [-0.4, -0.2) is 76.9 Å². The summed E-state index contributed by atoms with van der Waals surface area (Å²) in [6.45, 7) is 3.32. The van der Waals surface area contributed by atoms with Crippen molar-refractivity contribution >= 4 is 30.3 Å². The van der Waals surface area contributed by atoms with E-state index in [-0.39, 0.29) is 30.7 Å². The summed E-state index contributed by atoms with van der Waals surface area (Å²) in [5.74, 6) is 1.31. The number of aldehydes is 2. The summed E-state index contributed by atoms with van der Waals surface area (Å²) < 4.78 is 21.6. The second-order valence-corrected chi connectivity index (χ2v) is 9.81. The first-order chi connectivity index (χ1) is 21.3. The Labute approximate surface area is 258 Å². The molecule has 0 aromatic heterocycles. The minimum Gasteiger partial charge on any atom is -0.496 e. The van der Waals surface area contributed by atoms with E-state index in [9.17, 15) is 24.0 Å². The van der Waals surface area contributed by atoms with Crippen LogP contribution in [0.5, 0.6) is 23.0 Å². The molecule has 0 fully saturated rings. The van der Waals surface area contributed by atoms with Gasteiger partial charge in [0.1, 0.15) is 29.0 Å². The van der Waals surface area contributed by atoms with E-state index in [1.807, 2.05) is 6.92 Å². The van der Waals surface area contributed by atoms with E-state index in [4.69, 9.17) is 18.9 Å². The largest absolute Gasteiger partial charge is 0.496 e. The molecule has 0 radical (unpaired) electrons. The number of unbranched alkanes of at least 4 members (excludes halogenated alkanes) is 1. The maximum atomic E-state index is 12.5. The van der Waals surface area contributed by atoms with Crippen LogP contribution in [0.3, 0.4) is 0 Å². The molecule has 0 saturated carbocycles. The molecule has 0 aliphatic carbocycles. The van der Waals surface area contributed by atoms with Crippen molar-refractivity contribution in [1.82, 2.24) is 16.0 Å². The normalized spacial score (nSPS) is 11.1. The molecule has 1 atom stereocenters. The average Bonchev–Trinajstić information content (AvgIpc) is 3.04. The van der Waals surface area contributed by atoms with Crippen molar-refractivity contribution in [1.29, 1.82) is 0 Å². The first-order valence-electron chi connectivity index (χ1n) is 14.7. The molecule has 0 spiro atoms. The molecule has 240 valence electrons.